The first-order chi connectivity index (χ1) is 9.59. The fourth-order valence-electron chi connectivity index (χ4n) is 2.56. The lowest BCUT2D eigenvalue weighted by molar-refractivity contribution is -0.125. The highest BCUT2D eigenvalue weighted by atomic mass is 35.5. The van der Waals surface area contributed by atoms with Crippen LogP contribution >= 0.6 is 35.6 Å². The summed E-state index contributed by atoms with van der Waals surface area (Å²) in [5.74, 6) is 0.293. The van der Waals surface area contributed by atoms with Gasteiger partial charge in [0, 0.05) is 29.1 Å². The van der Waals surface area contributed by atoms with Crippen LogP contribution in [0.2, 0.25) is 10.0 Å². The Morgan fingerprint density at radius 3 is 2.67 bits per heavy atom. The van der Waals surface area contributed by atoms with Gasteiger partial charge in [-0.1, -0.05) is 36.2 Å². The maximum atomic E-state index is 12.1. The van der Waals surface area contributed by atoms with Crippen LogP contribution in [-0.4, -0.2) is 25.5 Å². The standard InChI is InChI=1S/C15H20Cl2N2O.ClH/c1-10(14-12(16)5-2-6-13(14)17)8-19-15(20)11-4-3-7-18-9-11;/h2,5-6,10-11,18H,3-4,7-9H2,1H3,(H,19,20);1H. The Morgan fingerprint density at radius 2 is 2.10 bits per heavy atom. The number of benzene rings is 1. The third-order valence-corrected chi connectivity index (χ3v) is 4.40. The Balaban J connectivity index is 0.00000220. The number of hydrogen-bond donors (Lipinski definition) is 2. The maximum absolute atomic E-state index is 12.1. The predicted octanol–water partition coefficient (Wildman–Crippen LogP) is 3.63. The summed E-state index contributed by atoms with van der Waals surface area (Å²) in [7, 11) is 0. The van der Waals surface area contributed by atoms with E-state index < -0.39 is 0 Å². The lowest BCUT2D eigenvalue weighted by Crippen LogP contribution is -2.41. The van der Waals surface area contributed by atoms with E-state index >= 15 is 0 Å². The summed E-state index contributed by atoms with van der Waals surface area (Å²) in [6.45, 7) is 4.35. The van der Waals surface area contributed by atoms with E-state index in [1.54, 1.807) is 0 Å². The molecule has 1 heterocycles. The second kappa shape index (κ2) is 8.84. The molecule has 2 atom stereocenters. The number of halogens is 3. The van der Waals surface area contributed by atoms with Crippen molar-refractivity contribution in [3.05, 3.63) is 33.8 Å². The van der Waals surface area contributed by atoms with Crippen molar-refractivity contribution in [1.29, 1.82) is 0 Å². The van der Waals surface area contributed by atoms with Crippen LogP contribution in [0, 0.1) is 5.92 Å². The second-order valence-corrected chi connectivity index (χ2v) is 6.14. The van der Waals surface area contributed by atoms with E-state index in [0.29, 0.717) is 16.6 Å². The molecule has 0 saturated carbocycles. The second-order valence-electron chi connectivity index (χ2n) is 5.32. The summed E-state index contributed by atoms with van der Waals surface area (Å²) in [6, 6.07) is 5.48. The summed E-state index contributed by atoms with van der Waals surface area (Å²) >= 11 is 12.4. The molecule has 2 rings (SSSR count). The Hall–Kier alpha value is -0.480. The van der Waals surface area contributed by atoms with Crippen LogP contribution in [-0.2, 0) is 4.79 Å². The molecule has 0 aromatic heterocycles. The minimum absolute atomic E-state index is 0. The molecule has 0 bridgehead atoms. The molecule has 118 valence electrons. The van der Waals surface area contributed by atoms with Crippen molar-refractivity contribution in [3.63, 3.8) is 0 Å². The average Bonchev–Trinajstić information content (AvgIpc) is 2.45. The van der Waals surface area contributed by atoms with Crippen LogP contribution in [0.1, 0.15) is 31.2 Å². The number of hydrogen-bond acceptors (Lipinski definition) is 2. The smallest absolute Gasteiger partial charge is 0.224 e. The Morgan fingerprint density at radius 1 is 1.43 bits per heavy atom. The van der Waals surface area contributed by atoms with E-state index in [1.165, 1.54) is 0 Å². The summed E-state index contributed by atoms with van der Waals surface area (Å²) in [5, 5.41) is 7.56. The number of amides is 1. The van der Waals surface area contributed by atoms with Crippen molar-refractivity contribution >= 4 is 41.5 Å². The molecule has 3 nitrogen and oxygen atoms in total. The first kappa shape index (κ1) is 18.6. The number of carbonyl (C=O) groups excluding carboxylic acids is 1. The molecule has 1 saturated heterocycles. The van der Waals surface area contributed by atoms with E-state index in [4.69, 9.17) is 23.2 Å². The normalized spacial score (nSPS) is 19.5. The highest BCUT2D eigenvalue weighted by Crippen LogP contribution is 2.31. The number of rotatable bonds is 4. The van der Waals surface area contributed by atoms with Crippen LogP contribution in [0.5, 0.6) is 0 Å². The fourth-order valence-corrected chi connectivity index (χ4v) is 3.33. The van der Waals surface area contributed by atoms with Gasteiger partial charge in [-0.3, -0.25) is 4.79 Å². The van der Waals surface area contributed by atoms with Gasteiger partial charge in [-0.05, 0) is 37.1 Å². The van der Waals surface area contributed by atoms with Gasteiger partial charge < -0.3 is 10.6 Å². The Labute approximate surface area is 142 Å². The summed E-state index contributed by atoms with van der Waals surface area (Å²) in [4.78, 5) is 12.1. The monoisotopic (exact) mass is 350 g/mol. The van der Waals surface area contributed by atoms with Crippen LogP contribution in [0.25, 0.3) is 0 Å². The first-order valence-corrected chi connectivity index (χ1v) is 7.77. The summed E-state index contributed by atoms with van der Waals surface area (Å²) < 4.78 is 0. The number of nitrogens with one attached hydrogen (secondary N) is 2. The molecule has 0 aliphatic carbocycles. The number of carbonyl (C=O) groups is 1. The van der Waals surface area contributed by atoms with Crippen molar-refractivity contribution in [2.75, 3.05) is 19.6 Å². The molecular weight excluding hydrogens is 331 g/mol. The first-order valence-electron chi connectivity index (χ1n) is 7.02. The van der Waals surface area contributed by atoms with E-state index in [-0.39, 0.29) is 30.2 Å². The fraction of sp³-hybridized carbons (Fsp3) is 0.533. The van der Waals surface area contributed by atoms with Gasteiger partial charge in [0.25, 0.3) is 0 Å². The van der Waals surface area contributed by atoms with E-state index in [2.05, 4.69) is 10.6 Å². The van der Waals surface area contributed by atoms with Gasteiger partial charge in [-0.15, -0.1) is 12.4 Å². The van der Waals surface area contributed by atoms with Gasteiger partial charge in [-0.25, -0.2) is 0 Å². The zero-order valence-corrected chi connectivity index (χ0v) is 14.3. The maximum Gasteiger partial charge on any atom is 0.224 e. The Kier molecular flexibility index (Phi) is 7.82. The van der Waals surface area contributed by atoms with Crippen molar-refractivity contribution in [1.82, 2.24) is 10.6 Å². The third-order valence-electron chi connectivity index (χ3n) is 3.74. The van der Waals surface area contributed by atoms with Gasteiger partial charge in [0.2, 0.25) is 5.91 Å². The molecule has 2 N–H and O–H groups in total. The molecule has 1 aromatic rings. The van der Waals surface area contributed by atoms with Crippen LogP contribution in [0.3, 0.4) is 0 Å². The third kappa shape index (κ3) is 5.03. The van der Waals surface area contributed by atoms with Gasteiger partial charge in [0.1, 0.15) is 0 Å². The summed E-state index contributed by atoms with van der Waals surface area (Å²) in [6.07, 6.45) is 2.02. The highest BCUT2D eigenvalue weighted by Gasteiger charge is 2.22. The van der Waals surface area contributed by atoms with E-state index in [1.807, 2.05) is 25.1 Å². The van der Waals surface area contributed by atoms with Crippen LogP contribution in [0.15, 0.2) is 18.2 Å². The lowest BCUT2D eigenvalue weighted by atomic mass is 9.97. The minimum Gasteiger partial charge on any atom is -0.355 e. The summed E-state index contributed by atoms with van der Waals surface area (Å²) in [5.41, 5.74) is 0.901. The predicted molar refractivity (Wildman–Crippen MR) is 90.7 cm³/mol. The van der Waals surface area contributed by atoms with Crippen molar-refractivity contribution in [2.45, 2.75) is 25.7 Å². The molecule has 1 aliphatic rings. The molecule has 0 radical (unpaired) electrons. The average molecular weight is 352 g/mol. The zero-order valence-electron chi connectivity index (χ0n) is 12.0. The van der Waals surface area contributed by atoms with E-state index in [9.17, 15) is 4.79 Å². The molecule has 6 heteroatoms. The molecular formula is C15H21Cl3N2O. The van der Waals surface area contributed by atoms with Crippen molar-refractivity contribution in [2.24, 2.45) is 5.92 Å². The molecule has 2 unspecified atom stereocenters. The Bertz CT molecular complexity index is 456. The van der Waals surface area contributed by atoms with E-state index in [0.717, 1.165) is 31.5 Å². The van der Waals surface area contributed by atoms with Gasteiger partial charge in [0.05, 0.1) is 5.92 Å². The van der Waals surface area contributed by atoms with Crippen LogP contribution in [0.4, 0.5) is 0 Å². The molecule has 1 fully saturated rings. The van der Waals surface area contributed by atoms with Gasteiger partial charge in [-0.2, -0.15) is 0 Å². The SMILES string of the molecule is CC(CNC(=O)C1CCCNC1)c1c(Cl)cccc1Cl.Cl. The molecule has 21 heavy (non-hydrogen) atoms. The van der Waals surface area contributed by atoms with Crippen molar-refractivity contribution in [3.8, 4) is 0 Å². The van der Waals surface area contributed by atoms with Crippen LogP contribution < -0.4 is 10.6 Å². The number of piperidine rings is 1. The van der Waals surface area contributed by atoms with Crippen molar-refractivity contribution < 1.29 is 4.79 Å². The van der Waals surface area contributed by atoms with Gasteiger partial charge in [0.15, 0.2) is 0 Å². The highest BCUT2D eigenvalue weighted by molar-refractivity contribution is 6.36. The zero-order chi connectivity index (χ0) is 14.5. The lowest BCUT2D eigenvalue weighted by Gasteiger charge is -2.23. The van der Waals surface area contributed by atoms with Gasteiger partial charge >= 0.3 is 0 Å². The molecule has 1 aromatic carbocycles. The molecule has 1 amide bonds. The topological polar surface area (TPSA) is 41.1 Å². The minimum atomic E-state index is 0. The quantitative estimate of drug-likeness (QED) is 0.869. The largest absolute Gasteiger partial charge is 0.355 e. The molecule has 0 spiro atoms. The molecule has 1 aliphatic heterocycles.